The monoisotopic (exact) mass is 288 g/mol. The fourth-order valence-corrected chi connectivity index (χ4v) is 0.572. The van der Waals surface area contributed by atoms with E-state index in [0.29, 0.717) is 0 Å². The minimum Gasteiger partial charge on any atom is -0.334 e. The van der Waals surface area contributed by atoms with Gasteiger partial charge in [-0.3, -0.25) is 12.8 Å². The minimum absolute atomic E-state index is 0. The maximum Gasteiger partial charge on any atom is 2.00 e. The van der Waals surface area contributed by atoms with Gasteiger partial charge in [0.15, 0.2) is 0 Å². The second-order valence-electron chi connectivity index (χ2n) is 2.73. The largest absolute Gasteiger partial charge is 2.00 e. The number of hydrogen-bond donors (Lipinski definition) is 0. The summed E-state index contributed by atoms with van der Waals surface area (Å²) in [6, 6.07) is 0. The van der Waals surface area contributed by atoms with Crippen molar-refractivity contribution in [1.29, 1.82) is 0 Å². The Morgan fingerprint density at radius 1 is 0.600 bits per heavy atom. The number of carbonyl (C=O) groups excluding carboxylic acids is 4. The van der Waals surface area contributed by atoms with E-state index in [9.17, 15) is 19.2 Å². The van der Waals surface area contributed by atoms with Crippen LogP contribution in [-0.4, -0.2) is 23.1 Å². The van der Waals surface area contributed by atoms with Crippen LogP contribution >= 0.6 is 0 Å². The van der Waals surface area contributed by atoms with Crippen LogP contribution < -0.4 is 0 Å². The molecule has 5 heteroatoms. The summed E-state index contributed by atoms with van der Waals surface area (Å²) in [4.78, 5) is 39.9. The molecular weight excluding hydrogens is 275 g/mol. The van der Waals surface area contributed by atoms with Crippen molar-refractivity contribution < 1.29 is 45.4 Å². The second-order valence-corrected chi connectivity index (χ2v) is 2.73. The third kappa shape index (κ3) is 31.9. The van der Waals surface area contributed by atoms with Gasteiger partial charge in [0, 0.05) is 23.1 Å². The maximum atomic E-state index is 9.98. The molecule has 15 heavy (non-hydrogen) atoms. The zero-order chi connectivity index (χ0) is 11.7. The Labute approximate surface area is 109 Å². The van der Waals surface area contributed by atoms with Crippen molar-refractivity contribution in [3.05, 3.63) is 12.8 Å². The zero-order valence-corrected chi connectivity index (χ0v) is 11.7. The van der Waals surface area contributed by atoms with Gasteiger partial charge in [-0.15, -0.1) is 0 Å². The molecule has 0 rings (SSSR count). The average molecular weight is 289 g/mol. The van der Waals surface area contributed by atoms with Gasteiger partial charge < -0.3 is 19.2 Å². The normalized spacial score (nSPS) is 7.20. The number of hydrogen-bond acceptors (Lipinski definition) is 4. The minimum atomic E-state index is -0.187. The molecule has 0 saturated carbocycles. The van der Waals surface area contributed by atoms with Gasteiger partial charge in [0.25, 0.3) is 0 Å². The first-order valence-electron chi connectivity index (χ1n) is 3.97. The summed E-state index contributed by atoms with van der Waals surface area (Å²) in [6.07, 6.45) is 2.11. The predicted molar refractivity (Wildman–Crippen MR) is 51.3 cm³/mol. The summed E-state index contributed by atoms with van der Waals surface area (Å²) in [5.41, 5.74) is 0. The zero-order valence-electron chi connectivity index (χ0n) is 9.29. The van der Waals surface area contributed by atoms with Gasteiger partial charge in [-0.05, 0) is 27.7 Å². The number of Topliss-reactive ketones (excluding diaryl/α,β-unsaturated/α-hetero) is 4. The molecule has 0 N–H and O–H groups in total. The van der Waals surface area contributed by atoms with Crippen molar-refractivity contribution in [2.45, 2.75) is 27.7 Å². The first-order valence-corrected chi connectivity index (χ1v) is 3.97. The van der Waals surface area contributed by atoms with Crippen LogP contribution in [0.4, 0.5) is 0 Å². The fraction of sp³-hybridized carbons (Fsp3) is 0.400. The number of carbonyl (C=O) groups is 4. The topological polar surface area (TPSA) is 68.3 Å². The van der Waals surface area contributed by atoms with E-state index in [0.717, 1.165) is 12.8 Å². The Hall–Kier alpha value is -0.697. The number of ketones is 4. The molecule has 82 valence electrons. The van der Waals surface area contributed by atoms with E-state index >= 15 is 0 Å². The van der Waals surface area contributed by atoms with Crippen LogP contribution in [0.25, 0.3) is 0 Å². The van der Waals surface area contributed by atoms with Crippen molar-refractivity contribution in [1.82, 2.24) is 0 Å². The molecule has 4 nitrogen and oxygen atoms in total. The maximum absolute atomic E-state index is 9.98. The molecule has 0 bridgehead atoms. The molecule has 0 aromatic rings. The summed E-state index contributed by atoms with van der Waals surface area (Å²) in [5, 5.41) is 0. The van der Waals surface area contributed by atoms with Crippen molar-refractivity contribution >= 4 is 23.1 Å². The Morgan fingerprint density at radius 2 is 0.733 bits per heavy atom. The molecule has 0 aromatic carbocycles. The molecule has 0 fully saturated rings. The van der Waals surface area contributed by atoms with Crippen LogP contribution in [0, 0.1) is 12.8 Å². The summed E-state index contributed by atoms with van der Waals surface area (Å²) >= 11 is 0. The predicted octanol–water partition coefficient (Wildman–Crippen LogP) is 0.735. The molecule has 0 amide bonds. The van der Waals surface area contributed by atoms with Crippen LogP contribution in [-0.2, 0) is 45.4 Å². The second kappa shape index (κ2) is 11.4. The molecule has 0 unspecified atom stereocenters. The van der Waals surface area contributed by atoms with Gasteiger partial charge in [-0.25, -0.2) is 0 Å². The van der Waals surface area contributed by atoms with Crippen molar-refractivity contribution in [3.63, 3.8) is 0 Å². The van der Waals surface area contributed by atoms with Crippen LogP contribution in [0.1, 0.15) is 27.7 Å². The molecule has 0 aliphatic carbocycles. The SMILES string of the molecule is CC(=O)[CH-]C(C)=O.CC(=O)[CH-]C(C)=O.[Zr+2]. The van der Waals surface area contributed by atoms with Gasteiger partial charge in [0.05, 0.1) is 0 Å². The molecule has 0 aromatic heterocycles. The van der Waals surface area contributed by atoms with E-state index in [1.165, 1.54) is 27.7 Å². The van der Waals surface area contributed by atoms with Crippen LogP contribution in [0.15, 0.2) is 0 Å². The molecule has 0 aliphatic heterocycles. The summed E-state index contributed by atoms with van der Waals surface area (Å²) in [6.45, 7) is 5.39. The Bertz CT molecular complexity index is 196. The van der Waals surface area contributed by atoms with Gasteiger partial charge in [-0.1, -0.05) is 0 Å². The van der Waals surface area contributed by atoms with E-state index in [2.05, 4.69) is 0 Å². The molecule has 0 spiro atoms. The van der Waals surface area contributed by atoms with Crippen molar-refractivity contribution in [3.8, 4) is 0 Å². The smallest absolute Gasteiger partial charge is 0.334 e. The van der Waals surface area contributed by atoms with Gasteiger partial charge >= 0.3 is 26.2 Å². The van der Waals surface area contributed by atoms with Gasteiger partial charge in [-0.2, -0.15) is 0 Å². The van der Waals surface area contributed by atoms with E-state index in [-0.39, 0.29) is 49.3 Å². The molecular formula is C10H14O4Zr. The van der Waals surface area contributed by atoms with Gasteiger partial charge in [0.1, 0.15) is 0 Å². The average Bonchev–Trinajstić information content (AvgIpc) is 1.79. The van der Waals surface area contributed by atoms with Crippen LogP contribution in [0.3, 0.4) is 0 Å². The van der Waals surface area contributed by atoms with Crippen molar-refractivity contribution in [2.24, 2.45) is 0 Å². The third-order valence-electron chi connectivity index (χ3n) is 0.813. The summed E-state index contributed by atoms with van der Waals surface area (Å²) in [5.74, 6) is -0.750. The summed E-state index contributed by atoms with van der Waals surface area (Å²) in [7, 11) is 0. The molecule has 0 atom stereocenters. The first-order chi connectivity index (χ1) is 6.25. The fourth-order valence-electron chi connectivity index (χ4n) is 0.572. The van der Waals surface area contributed by atoms with Gasteiger partial charge in [0.2, 0.25) is 0 Å². The third-order valence-corrected chi connectivity index (χ3v) is 0.813. The Morgan fingerprint density at radius 3 is 0.733 bits per heavy atom. The van der Waals surface area contributed by atoms with E-state index in [1.54, 1.807) is 0 Å². The molecule has 0 aliphatic rings. The summed E-state index contributed by atoms with van der Waals surface area (Å²) < 4.78 is 0. The standard InChI is InChI=1S/2C5H7O2.Zr/c2*1-4(6)3-5(2)7;/h2*3H,1-2H3;/q2*-1;+2. The van der Waals surface area contributed by atoms with E-state index in [4.69, 9.17) is 0 Å². The molecule has 0 heterocycles. The Kier molecular flexibility index (Phi) is 15.0. The quantitative estimate of drug-likeness (QED) is 0.565. The van der Waals surface area contributed by atoms with Crippen LogP contribution in [0.2, 0.25) is 0 Å². The molecule has 0 radical (unpaired) electrons. The van der Waals surface area contributed by atoms with E-state index in [1.807, 2.05) is 0 Å². The first kappa shape index (κ1) is 19.8. The molecule has 0 saturated heterocycles. The van der Waals surface area contributed by atoms with Crippen molar-refractivity contribution in [2.75, 3.05) is 0 Å². The van der Waals surface area contributed by atoms with E-state index < -0.39 is 0 Å². The van der Waals surface area contributed by atoms with Crippen LogP contribution in [0.5, 0.6) is 0 Å². The number of rotatable bonds is 4. The Balaban J connectivity index is -0.000000180.